The van der Waals surface area contributed by atoms with Crippen LogP contribution in [0, 0.1) is 12.8 Å². The SMILES string of the molecule is CCC1CCCN(Cc2cc(CN)oc2C)CC1. The highest BCUT2D eigenvalue weighted by molar-refractivity contribution is 5.20. The van der Waals surface area contributed by atoms with Crippen LogP contribution in [0.2, 0.25) is 0 Å². The van der Waals surface area contributed by atoms with E-state index in [2.05, 4.69) is 17.9 Å². The molecular formula is C15H26N2O. The molecule has 0 aromatic carbocycles. The molecule has 3 heteroatoms. The molecule has 2 N–H and O–H groups in total. The van der Waals surface area contributed by atoms with Gasteiger partial charge in [-0.2, -0.15) is 0 Å². The predicted octanol–water partition coefficient (Wildman–Crippen LogP) is 3.06. The van der Waals surface area contributed by atoms with Crippen molar-refractivity contribution >= 4 is 0 Å². The third kappa shape index (κ3) is 3.36. The minimum absolute atomic E-state index is 0.499. The van der Waals surface area contributed by atoms with Gasteiger partial charge in [0.2, 0.25) is 0 Å². The second kappa shape index (κ2) is 6.39. The van der Waals surface area contributed by atoms with Gasteiger partial charge in [0, 0.05) is 12.1 Å². The lowest BCUT2D eigenvalue weighted by molar-refractivity contribution is 0.270. The molecule has 3 nitrogen and oxygen atoms in total. The molecular weight excluding hydrogens is 224 g/mol. The van der Waals surface area contributed by atoms with E-state index in [0.29, 0.717) is 6.54 Å². The quantitative estimate of drug-likeness (QED) is 0.893. The van der Waals surface area contributed by atoms with Crippen LogP contribution in [0.5, 0.6) is 0 Å². The van der Waals surface area contributed by atoms with Crippen molar-refractivity contribution in [1.82, 2.24) is 4.90 Å². The summed E-state index contributed by atoms with van der Waals surface area (Å²) in [6, 6.07) is 2.12. The smallest absolute Gasteiger partial charge is 0.118 e. The number of aryl methyl sites for hydroxylation is 1. The summed E-state index contributed by atoms with van der Waals surface area (Å²) in [5.41, 5.74) is 6.93. The van der Waals surface area contributed by atoms with Gasteiger partial charge < -0.3 is 10.2 Å². The van der Waals surface area contributed by atoms with Gasteiger partial charge >= 0.3 is 0 Å². The van der Waals surface area contributed by atoms with Crippen LogP contribution in [0.15, 0.2) is 10.5 Å². The minimum Gasteiger partial charge on any atom is -0.465 e. The van der Waals surface area contributed by atoms with Crippen LogP contribution < -0.4 is 5.73 Å². The molecule has 0 bridgehead atoms. The zero-order valence-corrected chi connectivity index (χ0v) is 11.7. The standard InChI is InChI=1S/C15H26N2O/c1-3-13-5-4-7-17(8-6-13)11-14-9-15(10-16)18-12(14)2/h9,13H,3-8,10-11,16H2,1-2H3. The van der Waals surface area contributed by atoms with E-state index in [1.54, 1.807) is 0 Å². The van der Waals surface area contributed by atoms with Gasteiger partial charge in [0.05, 0.1) is 6.54 Å². The maximum absolute atomic E-state index is 5.63. The Balaban J connectivity index is 1.94. The van der Waals surface area contributed by atoms with Crippen molar-refractivity contribution in [2.45, 2.75) is 52.6 Å². The number of nitrogens with zero attached hydrogens (tertiary/aromatic N) is 1. The van der Waals surface area contributed by atoms with Crippen LogP contribution in [0.3, 0.4) is 0 Å². The fourth-order valence-electron chi connectivity index (χ4n) is 2.88. The molecule has 1 fully saturated rings. The summed E-state index contributed by atoms with van der Waals surface area (Å²) in [5, 5.41) is 0. The van der Waals surface area contributed by atoms with Gasteiger partial charge in [-0.15, -0.1) is 0 Å². The van der Waals surface area contributed by atoms with E-state index in [0.717, 1.165) is 24.0 Å². The molecule has 1 saturated heterocycles. The summed E-state index contributed by atoms with van der Waals surface area (Å²) in [6.07, 6.45) is 5.40. The predicted molar refractivity (Wildman–Crippen MR) is 74.2 cm³/mol. The second-order valence-electron chi connectivity index (χ2n) is 5.48. The van der Waals surface area contributed by atoms with Crippen LogP contribution >= 0.6 is 0 Å². The zero-order chi connectivity index (χ0) is 13.0. The Morgan fingerprint density at radius 2 is 2.22 bits per heavy atom. The Labute approximate surface area is 110 Å². The van der Waals surface area contributed by atoms with Crippen molar-refractivity contribution in [3.8, 4) is 0 Å². The highest BCUT2D eigenvalue weighted by Gasteiger charge is 2.17. The van der Waals surface area contributed by atoms with Gasteiger partial charge in [0.25, 0.3) is 0 Å². The zero-order valence-electron chi connectivity index (χ0n) is 11.7. The maximum atomic E-state index is 5.63. The van der Waals surface area contributed by atoms with Crippen LogP contribution in [0.25, 0.3) is 0 Å². The van der Waals surface area contributed by atoms with E-state index < -0.39 is 0 Å². The molecule has 1 aliphatic rings. The molecule has 1 unspecified atom stereocenters. The van der Waals surface area contributed by atoms with Crippen LogP contribution in [-0.2, 0) is 13.1 Å². The Bertz CT molecular complexity index is 373. The molecule has 1 aromatic heterocycles. The van der Waals surface area contributed by atoms with Crippen LogP contribution in [-0.4, -0.2) is 18.0 Å². The lowest BCUT2D eigenvalue weighted by Gasteiger charge is -2.19. The van der Waals surface area contributed by atoms with E-state index in [4.69, 9.17) is 10.2 Å². The van der Waals surface area contributed by atoms with Crippen molar-refractivity contribution in [1.29, 1.82) is 0 Å². The van der Waals surface area contributed by atoms with Crippen LogP contribution in [0.4, 0.5) is 0 Å². The van der Waals surface area contributed by atoms with Gasteiger partial charge in [-0.05, 0) is 51.3 Å². The second-order valence-corrected chi connectivity index (χ2v) is 5.48. The fourth-order valence-corrected chi connectivity index (χ4v) is 2.88. The number of nitrogens with two attached hydrogens (primary N) is 1. The first-order chi connectivity index (χ1) is 8.72. The van der Waals surface area contributed by atoms with E-state index in [1.807, 2.05) is 6.92 Å². The fraction of sp³-hybridized carbons (Fsp3) is 0.733. The molecule has 1 aromatic rings. The molecule has 0 saturated carbocycles. The van der Waals surface area contributed by atoms with Gasteiger partial charge in [0.1, 0.15) is 11.5 Å². The highest BCUT2D eigenvalue weighted by Crippen LogP contribution is 2.23. The average Bonchev–Trinajstić information content (AvgIpc) is 2.60. The first kappa shape index (κ1) is 13.6. The molecule has 0 spiro atoms. The van der Waals surface area contributed by atoms with E-state index >= 15 is 0 Å². The number of furan rings is 1. The maximum Gasteiger partial charge on any atom is 0.118 e. The summed E-state index contributed by atoms with van der Waals surface area (Å²) in [4.78, 5) is 2.56. The van der Waals surface area contributed by atoms with Crippen molar-refractivity contribution in [3.05, 3.63) is 23.2 Å². The summed E-state index contributed by atoms with van der Waals surface area (Å²) in [7, 11) is 0. The highest BCUT2D eigenvalue weighted by atomic mass is 16.3. The summed E-state index contributed by atoms with van der Waals surface area (Å²) in [5.74, 6) is 2.87. The molecule has 0 aliphatic carbocycles. The molecule has 102 valence electrons. The molecule has 2 heterocycles. The molecule has 1 aliphatic heterocycles. The molecule has 18 heavy (non-hydrogen) atoms. The topological polar surface area (TPSA) is 42.4 Å². The first-order valence-electron chi connectivity index (χ1n) is 7.23. The Hall–Kier alpha value is -0.800. The number of rotatable bonds is 4. The van der Waals surface area contributed by atoms with Crippen molar-refractivity contribution in [2.24, 2.45) is 11.7 Å². The average molecular weight is 250 g/mol. The normalized spacial score (nSPS) is 22.1. The van der Waals surface area contributed by atoms with Crippen molar-refractivity contribution in [2.75, 3.05) is 13.1 Å². The van der Waals surface area contributed by atoms with Gasteiger partial charge in [-0.25, -0.2) is 0 Å². The number of hydrogen-bond acceptors (Lipinski definition) is 3. The van der Waals surface area contributed by atoms with Gasteiger partial charge in [0.15, 0.2) is 0 Å². The summed E-state index contributed by atoms with van der Waals surface area (Å²) < 4.78 is 5.63. The Morgan fingerprint density at radius 3 is 2.89 bits per heavy atom. The Kier molecular flexibility index (Phi) is 4.84. The minimum atomic E-state index is 0.499. The lowest BCUT2D eigenvalue weighted by atomic mass is 9.98. The Morgan fingerprint density at radius 1 is 1.39 bits per heavy atom. The lowest BCUT2D eigenvalue weighted by Crippen LogP contribution is -2.24. The summed E-state index contributed by atoms with van der Waals surface area (Å²) in [6.45, 7) is 8.32. The molecule has 0 amide bonds. The third-order valence-electron chi connectivity index (χ3n) is 4.18. The largest absolute Gasteiger partial charge is 0.465 e. The van der Waals surface area contributed by atoms with E-state index in [9.17, 15) is 0 Å². The first-order valence-corrected chi connectivity index (χ1v) is 7.23. The van der Waals surface area contributed by atoms with Gasteiger partial charge in [-0.3, -0.25) is 4.90 Å². The third-order valence-corrected chi connectivity index (χ3v) is 4.18. The van der Waals surface area contributed by atoms with E-state index in [-0.39, 0.29) is 0 Å². The van der Waals surface area contributed by atoms with Crippen molar-refractivity contribution < 1.29 is 4.42 Å². The number of hydrogen-bond donors (Lipinski definition) is 1. The monoisotopic (exact) mass is 250 g/mol. The van der Waals surface area contributed by atoms with Crippen molar-refractivity contribution in [3.63, 3.8) is 0 Å². The molecule has 0 radical (unpaired) electrons. The van der Waals surface area contributed by atoms with Crippen LogP contribution in [0.1, 0.15) is 49.7 Å². The molecule has 2 rings (SSSR count). The van der Waals surface area contributed by atoms with Gasteiger partial charge in [-0.1, -0.05) is 13.3 Å². The number of likely N-dealkylation sites (tertiary alicyclic amines) is 1. The summed E-state index contributed by atoms with van der Waals surface area (Å²) >= 11 is 0. The van der Waals surface area contributed by atoms with E-state index in [1.165, 1.54) is 44.3 Å². The molecule has 1 atom stereocenters.